The van der Waals surface area contributed by atoms with Crippen molar-refractivity contribution in [2.75, 3.05) is 26.2 Å². The van der Waals surface area contributed by atoms with E-state index in [0.29, 0.717) is 37.7 Å². The van der Waals surface area contributed by atoms with Gasteiger partial charge in [0, 0.05) is 31.5 Å². The Balaban J connectivity index is 0.00000261. The number of nitrogens with zero attached hydrogens (tertiary/aromatic N) is 3. The molecule has 0 spiro atoms. The lowest BCUT2D eigenvalue weighted by molar-refractivity contribution is -0.130. The molecular weight excluding hydrogens is 368 g/mol. The Morgan fingerprint density at radius 1 is 1.37 bits per heavy atom. The Kier molecular flexibility index (Phi) is 7.21. The number of hydrogen-bond donors (Lipinski definition) is 1. The predicted molar refractivity (Wildman–Crippen MR) is 105 cm³/mol. The smallest absolute Gasteiger partial charge is 0.227 e. The molecule has 7 nitrogen and oxygen atoms in total. The molecule has 2 N–H and O–H groups in total. The molecule has 1 unspecified atom stereocenters. The van der Waals surface area contributed by atoms with E-state index in [9.17, 15) is 4.79 Å². The normalized spacial score (nSPS) is 19.0. The molecule has 1 atom stereocenters. The number of hydrogen-bond acceptors (Lipinski definition) is 6. The first-order chi connectivity index (χ1) is 12.5. The summed E-state index contributed by atoms with van der Waals surface area (Å²) in [5.74, 6) is 1.92. The molecule has 3 rings (SSSR count). The molecule has 2 aromatic rings. The minimum Gasteiger partial charge on any atom is -0.494 e. The van der Waals surface area contributed by atoms with Crippen LogP contribution < -0.4 is 10.5 Å². The molecule has 0 saturated carbocycles. The number of aromatic nitrogens is 2. The van der Waals surface area contributed by atoms with E-state index in [1.807, 2.05) is 36.1 Å². The molecule has 0 radical (unpaired) electrons. The first kappa shape index (κ1) is 21.2. The number of nitrogens with two attached hydrogens (primary N) is 1. The van der Waals surface area contributed by atoms with E-state index in [4.69, 9.17) is 15.0 Å². The van der Waals surface area contributed by atoms with Crippen LogP contribution in [0.5, 0.6) is 5.75 Å². The summed E-state index contributed by atoms with van der Waals surface area (Å²) in [5, 5.41) is 4.01. The van der Waals surface area contributed by atoms with Gasteiger partial charge >= 0.3 is 0 Å². The number of rotatable bonds is 7. The Labute approximate surface area is 165 Å². The summed E-state index contributed by atoms with van der Waals surface area (Å²) >= 11 is 0. The molecule has 1 saturated heterocycles. The summed E-state index contributed by atoms with van der Waals surface area (Å²) in [6, 6.07) is 7.53. The maximum atomic E-state index is 12.4. The third-order valence-corrected chi connectivity index (χ3v) is 4.85. The highest BCUT2D eigenvalue weighted by atomic mass is 35.5. The monoisotopic (exact) mass is 394 g/mol. The fourth-order valence-corrected chi connectivity index (χ4v) is 3.12. The molecule has 0 aliphatic carbocycles. The standard InChI is InChI=1S/C19H26N4O3.ClH/c1-3-25-15-6-4-14(5-7-15)18-21-16(26-22-18)8-9-17(24)23-11-10-19(2,12-20)13-23;/h4-7H,3,8-13,20H2,1-2H3;1H. The Morgan fingerprint density at radius 2 is 2.11 bits per heavy atom. The molecule has 148 valence electrons. The zero-order chi connectivity index (χ0) is 18.6. The van der Waals surface area contributed by atoms with Gasteiger partial charge in [0.05, 0.1) is 6.61 Å². The molecule has 1 aromatic heterocycles. The number of benzene rings is 1. The van der Waals surface area contributed by atoms with Crippen LogP contribution in [0.4, 0.5) is 0 Å². The molecule has 8 heteroatoms. The minimum absolute atomic E-state index is 0. The van der Waals surface area contributed by atoms with E-state index in [2.05, 4.69) is 17.1 Å². The number of ether oxygens (including phenoxy) is 1. The van der Waals surface area contributed by atoms with Gasteiger partial charge in [0.25, 0.3) is 0 Å². The molecule has 1 aliphatic heterocycles. The molecular formula is C19H27ClN4O3. The average Bonchev–Trinajstić information content (AvgIpc) is 3.28. The minimum atomic E-state index is 0. The molecule has 1 aliphatic rings. The van der Waals surface area contributed by atoms with Gasteiger partial charge in [0.15, 0.2) is 0 Å². The first-order valence-electron chi connectivity index (χ1n) is 9.06. The van der Waals surface area contributed by atoms with E-state index in [0.717, 1.165) is 30.8 Å². The van der Waals surface area contributed by atoms with Gasteiger partial charge in [-0.05, 0) is 49.6 Å². The Bertz CT molecular complexity index is 750. The van der Waals surface area contributed by atoms with Crippen molar-refractivity contribution < 1.29 is 14.1 Å². The van der Waals surface area contributed by atoms with Crippen LogP contribution in [0, 0.1) is 5.41 Å². The highest BCUT2D eigenvalue weighted by molar-refractivity contribution is 5.85. The summed E-state index contributed by atoms with van der Waals surface area (Å²) in [6.45, 7) is 6.80. The van der Waals surface area contributed by atoms with Gasteiger partial charge in [-0.15, -0.1) is 12.4 Å². The van der Waals surface area contributed by atoms with Gasteiger partial charge in [-0.1, -0.05) is 12.1 Å². The van der Waals surface area contributed by atoms with Crippen molar-refractivity contribution in [3.05, 3.63) is 30.2 Å². The average molecular weight is 395 g/mol. The zero-order valence-corrected chi connectivity index (χ0v) is 16.6. The molecule has 2 heterocycles. The summed E-state index contributed by atoms with van der Waals surface area (Å²) in [7, 11) is 0. The number of amides is 1. The van der Waals surface area contributed by atoms with Gasteiger partial charge in [-0.3, -0.25) is 4.79 Å². The quantitative estimate of drug-likeness (QED) is 0.775. The molecule has 0 bridgehead atoms. The van der Waals surface area contributed by atoms with Gasteiger partial charge in [-0.25, -0.2) is 0 Å². The SMILES string of the molecule is CCOc1ccc(-c2noc(CCC(=O)N3CCC(C)(CN)C3)n2)cc1.Cl. The maximum Gasteiger partial charge on any atom is 0.227 e. The number of aryl methyl sites for hydroxylation is 1. The number of halogens is 1. The van der Waals surface area contributed by atoms with Crippen LogP contribution in [0.3, 0.4) is 0 Å². The van der Waals surface area contributed by atoms with Crippen LogP contribution in [-0.4, -0.2) is 47.2 Å². The number of likely N-dealkylation sites (tertiary alicyclic amines) is 1. The van der Waals surface area contributed by atoms with Crippen molar-refractivity contribution in [1.82, 2.24) is 15.0 Å². The third-order valence-electron chi connectivity index (χ3n) is 4.85. The Morgan fingerprint density at radius 3 is 2.74 bits per heavy atom. The van der Waals surface area contributed by atoms with Crippen molar-refractivity contribution >= 4 is 18.3 Å². The van der Waals surface area contributed by atoms with Crippen molar-refractivity contribution in [3.8, 4) is 17.1 Å². The van der Waals surface area contributed by atoms with Crippen LogP contribution in [0.1, 0.15) is 32.6 Å². The van der Waals surface area contributed by atoms with E-state index < -0.39 is 0 Å². The number of carbonyl (C=O) groups is 1. The fourth-order valence-electron chi connectivity index (χ4n) is 3.12. The first-order valence-corrected chi connectivity index (χ1v) is 9.06. The van der Waals surface area contributed by atoms with Gasteiger partial charge < -0.3 is 19.9 Å². The predicted octanol–water partition coefficient (Wildman–Crippen LogP) is 2.69. The maximum absolute atomic E-state index is 12.4. The Hall–Kier alpha value is -2.12. The third kappa shape index (κ3) is 5.20. The highest BCUT2D eigenvalue weighted by Crippen LogP contribution is 2.29. The van der Waals surface area contributed by atoms with Gasteiger partial charge in [0.2, 0.25) is 17.6 Å². The second kappa shape index (κ2) is 9.19. The van der Waals surface area contributed by atoms with Gasteiger partial charge in [-0.2, -0.15) is 4.98 Å². The van der Waals surface area contributed by atoms with Crippen molar-refractivity contribution in [2.24, 2.45) is 11.1 Å². The van der Waals surface area contributed by atoms with Crippen molar-refractivity contribution in [1.29, 1.82) is 0 Å². The van der Waals surface area contributed by atoms with Crippen molar-refractivity contribution in [3.63, 3.8) is 0 Å². The van der Waals surface area contributed by atoms with E-state index in [1.165, 1.54) is 0 Å². The van der Waals surface area contributed by atoms with E-state index in [-0.39, 0.29) is 23.7 Å². The van der Waals surface area contributed by atoms with E-state index in [1.54, 1.807) is 0 Å². The molecule has 1 aromatic carbocycles. The zero-order valence-electron chi connectivity index (χ0n) is 15.8. The summed E-state index contributed by atoms with van der Waals surface area (Å²) in [4.78, 5) is 18.7. The summed E-state index contributed by atoms with van der Waals surface area (Å²) in [5.41, 5.74) is 6.70. The van der Waals surface area contributed by atoms with Crippen LogP contribution in [0.2, 0.25) is 0 Å². The van der Waals surface area contributed by atoms with Crippen LogP contribution in [0.25, 0.3) is 11.4 Å². The number of carbonyl (C=O) groups excluding carboxylic acids is 1. The van der Waals surface area contributed by atoms with E-state index >= 15 is 0 Å². The fraction of sp³-hybridized carbons (Fsp3) is 0.526. The second-order valence-corrected chi connectivity index (χ2v) is 7.05. The largest absolute Gasteiger partial charge is 0.494 e. The molecule has 1 amide bonds. The van der Waals surface area contributed by atoms with Crippen LogP contribution in [0.15, 0.2) is 28.8 Å². The lowest BCUT2D eigenvalue weighted by atomic mass is 9.90. The van der Waals surface area contributed by atoms with Crippen LogP contribution in [-0.2, 0) is 11.2 Å². The van der Waals surface area contributed by atoms with Gasteiger partial charge in [0.1, 0.15) is 5.75 Å². The highest BCUT2D eigenvalue weighted by Gasteiger charge is 2.34. The summed E-state index contributed by atoms with van der Waals surface area (Å²) < 4.78 is 10.7. The summed E-state index contributed by atoms with van der Waals surface area (Å²) in [6.07, 6.45) is 1.77. The molecule has 1 fully saturated rings. The molecule has 27 heavy (non-hydrogen) atoms. The van der Waals surface area contributed by atoms with Crippen molar-refractivity contribution in [2.45, 2.75) is 33.1 Å². The lowest BCUT2D eigenvalue weighted by Gasteiger charge is -2.22. The topological polar surface area (TPSA) is 94.5 Å². The van der Waals surface area contributed by atoms with Crippen LogP contribution >= 0.6 is 12.4 Å². The second-order valence-electron chi connectivity index (χ2n) is 7.05. The lowest BCUT2D eigenvalue weighted by Crippen LogP contribution is -2.34.